The van der Waals surface area contributed by atoms with Crippen molar-refractivity contribution < 1.29 is 14.6 Å². The highest BCUT2D eigenvalue weighted by Gasteiger charge is 2.30. The van der Waals surface area contributed by atoms with Crippen LogP contribution in [0.4, 0.5) is 11.4 Å². The maximum Gasteiger partial charge on any atom is 0.358 e. The first-order valence-electron chi connectivity index (χ1n) is 3.56. The smallest absolute Gasteiger partial charge is 0.275 e. The average molecular weight is 231 g/mol. The van der Waals surface area contributed by atoms with Crippen molar-refractivity contribution in [1.82, 2.24) is 0 Å². The van der Waals surface area contributed by atoms with Gasteiger partial charge < -0.3 is 0 Å². The molecule has 1 aromatic carbocycles. The molecule has 0 N–H and O–H groups in total. The van der Waals surface area contributed by atoms with Gasteiger partial charge in [0.2, 0.25) is 0 Å². The maximum atomic E-state index is 10.8. The Balaban J connectivity index is 3.56. The Morgan fingerprint density at radius 1 is 1.20 bits per heavy atom. The Bertz CT molecular complexity index is 426. The summed E-state index contributed by atoms with van der Waals surface area (Å²) in [5, 5.41) is 19.9. The zero-order valence-corrected chi connectivity index (χ0v) is 7.80. The van der Waals surface area contributed by atoms with Crippen molar-refractivity contribution in [3.05, 3.63) is 44.0 Å². The fourth-order valence-corrected chi connectivity index (χ4v) is 1.18. The molecule has 1 rings (SSSR count). The van der Waals surface area contributed by atoms with Crippen molar-refractivity contribution in [3.63, 3.8) is 0 Å². The summed E-state index contributed by atoms with van der Waals surface area (Å²) in [6.07, 6.45) is 0. The second kappa shape index (κ2) is 4.01. The van der Waals surface area contributed by atoms with Gasteiger partial charge >= 0.3 is 11.4 Å². The number of benzene rings is 1. The van der Waals surface area contributed by atoms with Gasteiger partial charge in [0.1, 0.15) is 5.56 Å². The molecule has 0 aliphatic heterocycles. The molecule has 78 valence electrons. The van der Waals surface area contributed by atoms with Gasteiger partial charge in [-0.05, 0) is 17.7 Å². The predicted octanol–water partition coefficient (Wildman–Crippen LogP) is 1.88. The highest BCUT2D eigenvalue weighted by atomic mass is 35.5. The molecular weight excluding hydrogens is 228 g/mol. The molecule has 0 bridgehead atoms. The number of para-hydroxylation sites is 1. The van der Waals surface area contributed by atoms with Crippen LogP contribution < -0.4 is 0 Å². The third kappa shape index (κ3) is 2.08. The minimum atomic E-state index is -1.11. The predicted molar refractivity (Wildman–Crippen MR) is 49.9 cm³/mol. The summed E-state index contributed by atoms with van der Waals surface area (Å²) >= 11 is 5.06. The second-order valence-electron chi connectivity index (χ2n) is 2.46. The van der Waals surface area contributed by atoms with Gasteiger partial charge in [-0.25, -0.2) is 0 Å². The Morgan fingerprint density at radius 3 is 2.20 bits per heavy atom. The number of hydrogen-bond acceptors (Lipinski definition) is 5. The molecule has 7 nitrogen and oxygen atoms in total. The monoisotopic (exact) mass is 230 g/mol. The van der Waals surface area contributed by atoms with E-state index in [9.17, 15) is 25.0 Å². The molecule has 0 aliphatic carbocycles. The van der Waals surface area contributed by atoms with E-state index in [0.717, 1.165) is 18.2 Å². The molecule has 0 spiro atoms. The lowest BCUT2D eigenvalue weighted by molar-refractivity contribution is -0.422. The summed E-state index contributed by atoms with van der Waals surface area (Å²) in [7, 11) is 0. The molecule has 0 fully saturated rings. The molecule has 0 amide bonds. The zero-order chi connectivity index (χ0) is 11.6. The lowest BCUT2D eigenvalue weighted by Gasteiger charge is -1.97. The minimum Gasteiger partial charge on any atom is -0.275 e. The third-order valence-electron chi connectivity index (χ3n) is 1.61. The van der Waals surface area contributed by atoms with Crippen LogP contribution in [0.3, 0.4) is 0 Å². The number of nitro groups is 2. The van der Waals surface area contributed by atoms with Crippen LogP contribution in [-0.4, -0.2) is 15.1 Å². The maximum absolute atomic E-state index is 10.8. The molecule has 0 radical (unpaired) electrons. The number of halogens is 1. The summed E-state index contributed by atoms with van der Waals surface area (Å²) in [5.74, 6) is 0. The first kappa shape index (κ1) is 11.1. The van der Waals surface area contributed by atoms with Gasteiger partial charge in [-0.3, -0.25) is 25.0 Å². The molecule has 0 saturated carbocycles. The number of carbonyl (C=O) groups excluding carboxylic acids is 1. The number of nitrogens with zero attached hydrogens (tertiary/aromatic N) is 2. The SMILES string of the molecule is O=C(Cl)c1cccc([N+](=O)[O-])c1[N+](=O)[O-]. The summed E-state index contributed by atoms with van der Waals surface area (Å²) in [6, 6.07) is 3.14. The average Bonchev–Trinajstić information content (AvgIpc) is 2.16. The fourth-order valence-electron chi connectivity index (χ4n) is 1.03. The molecular formula is C7H3ClN2O5. The van der Waals surface area contributed by atoms with Crippen molar-refractivity contribution in [2.24, 2.45) is 0 Å². The van der Waals surface area contributed by atoms with Crippen LogP contribution in [-0.2, 0) is 0 Å². The van der Waals surface area contributed by atoms with Gasteiger partial charge in [0, 0.05) is 6.07 Å². The molecule has 0 saturated heterocycles. The Labute approximate surface area is 87.6 Å². The van der Waals surface area contributed by atoms with E-state index in [-0.39, 0.29) is 0 Å². The summed E-state index contributed by atoms with van der Waals surface area (Å²) < 4.78 is 0. The lowest BCUT2D eigenvalue weighted by Crippen LogP contribution is -2.02. The van der Waals surface area contributed by atoms with Crippen molar-refractivity contribution >= 4 is 28.2 Å². The second-order valence-corrected chi connectivity index (χ2v) is 2.80. The van der Waals surface area contributed by atoms with E-state index in [2.05, 4.69) is 0 Å². The van der Waals surface area contributed by atoms with Crippen LogP contribution in [0.2, 0.25) is 0 Å². The highest BCUT2D eigenvalue weighted by molar-refractivity contribution is 6.68. The van der Waals surface area contributed by atoms with E-state index >= 15 is 0 Å². The summed E-state index contributed by atoms with van der Waals surface area (Å²) in [4.78, 5) is 29.8. The Kier molecular flexibility index (Phi) is 2.96. The van der Waals surface area contributed by atoms with E-state index in [1.807, 2.05) is 0 Å². The summed E-state index contributed by atoms with van der Waals surface area (Å²) in [6.45, 7) is 0. The standard InChI is InChI=1S/C7H3ClN2O5/c8-7(11)4-2-1-3-5(9(12)13)6(4)10(14)15/h1-3H. The van der Waals surface area contributed by atoms with Gasteiger partial charge in [-0.15, -0.1) is 0 Å². The van der Waals surface area contributed by atoms with Crippen LogP contribution in [0.25, 0.3) is 0 Å². The molecule has 1 aromatic rings. The summed E-state index contributed by atoms with van der Waals surface area (Å²) in [5.41, 5.74) is -2.13. The van der Waals surface area contributed by atoms with Crippen molar-refractivity contribution in [1.29, 1.82) is 0 Å². The third-order valence-corrected chi connectivity index (χ3v) is 1.81. The molecule has 0 aliphatic rings. The molecule has 0 atom stereocenters. The first-order chi connectivity index (χ1) is 6.95. The van der Waals surface area contributed by atoms with Gasteiger partial charge in [-0.2, -0.15) is 0 Å². The Morgan fingerprint density at radius 2 is 1.80 bits per heavy atom. The van der Waals surface area contributed by atoms with E-state index in [1.165, 1.54) is 0 Å². The van der Waals surface area contributed by atoms with Gasteiger partial charge in [0.25, 0.3) is 5.24 Å². The Hall–Kier alpha value is -2.02. The molecule has 8 heteroatoms. The van der Waals surface area contributed by atoms with Crippen molar-refractivity contribution in [2.75, 3.05) is 0 Å². The molecule has 0 aromatic heterocycles. The normalized spacial score (nSPS) is 9.67. The minimum absolute atomic E-state index is 0.490. The van der Waals surface area contributed by atoms with Crippen LogP contribution in [0.15, 0.2) is 18.2 Å². The molecule has 15 heavy (non-hydrogen) atoms. The molecule has 0 unspecified atom stereocenters. The number of rotatable bonds is 3. The van der Waals surface area contributed by atoms with Crippen molar-refractivity contribution in [2.45, 2.75) is 0 Å². The first-order valence-corrected chi connectivity index (χ1v) is 3.94. The van der Waals surface area contributed by atoms with Gasteiger partial charge in [0.15, 0.2) is 0 Å². The van der Waals surface area contributed by atoms with E-state index in [4.69, 9.17) is 11.6 Å². The highest BCUT2D eigenvalue weighted by Crippen LogP contribution is 2.31. The van der Waals surface area contributed by atoms with E-state index in [0.29, 0.717) is 0 Å². The van der Waals surface area contributed by atoms with Crippen LogP contribution in [0.1, 0.15) is 10.4 Å². The zero-order valence-electron chi connectivity index (χ0n) is 7.05. The lowest BCUT2D eigenvalue weighted by atomic mass is 10.1. The number of nitro benzene ring substituents is 2. The fraction of sp³-hybridized carbons (Fsp3) is 0. The van der Waals surface area contributed by atoms with E-state index < -0.39 is 32.0 Å². The van der Waals surface area contributed by atoms with Gasteiger partial charge in [-0.1, -0.05) is 6.07 Å². The molecule has 0 heterocycles. The number of hydrogen-bond donors (Lipinski definition) is 0. The number of carbonyl (C=O) groups is 1. The largest absolute Gasteiger partial charge is 0.358 e. The quantitative estimate of drug-likeness (QED) is 0.448. The van der Waals surface area contributed by atoms with Crippen LogP contribution in [0, 0.1) is 20.2 Å². The van der Waals surface area contributed by atoms with Gasteiger partial charge in [0.05, 0.1) is 9.85 Å². The topological polar surface area (TPSA) is 103 Å². The van der Waals surface area contributed by atoms with Crippen molar-refractivity contribution in [3.8, 4) is 0 Å². The van der Waals surface area contributed by atoms with E-state index in [1.54, 1.807) is 0 Å². The van der Waals surface area contributed by atoms with Crippen LogP contribution >= 0.6 is 11.6 Å². The van der Waals surface area contributed by atoms with Crippen LogP contribution in [0.5, 0.6) is 0 Å².